The highest BCUT2D eigenvalue weighted by Crippen LogP contribution is 2.23. The van der Waals surface area contributed by atoms with E-state index in [9.17, 15) is 10.1 Å². The Kier molecular flexibility index (Phi) is 3.98. The molecule has 1 aromatic heterocycles. The topological polar surface area (TPSA) is 97.6 Å². The lowest BCUT2D eigenvalue weighted by molar-refractivity contribution is -0.384. The normalized spacial score (nSPS) is 10.6. The van der Waals surface area contributed by atoms with Crippen LogP contribution in [0, 0.1) is 34.3 Å². The molecule has 108 valence electrons. The molecule has 1 heterocycles. The van der Waals surface area contributed by atoms with Gasteiger partial charge in [-0.15, -0.1) is 5.10 Å². The van der Waals surface area contributed by atoms with Crippen molar-refractivity contribution in [1.82, 2.24) is 15.0 Å². The summed E-state index contributed by atoms with van der Waals surface area (Å²) in [5, 5.41) is 27.9. The van der Waals surface area contributed by atoms with Gasteiger partial charge in [0.05, 0.1) is 16.3 Å². The standard InChI is InChI=1S/C14H15N5O2/c1-9(2)6-14-12(8-15)16-17-18(14)13-7-11(19(20)21)5-4-10(13)3/h4-5,7,9H,6H2,1-3H3. The van der Waals surface area contributed by atoms with Crippen molar-refractivity contribution in [3.63, 3.8) is 0 Å². The van der Waals surface area contributed by atoms with E-state index in [-0.39, 0.29) is 11.4 Å². The predicted molar refractivity (Wildman–Crippen MR) is 76.0 cm³/mol. The number of benzene rings is 1. The molecule has 7 nitrogen and oxygen atoms in total. The van der Waals surface area contributed by atoms with Gasteiger partial charge in [0.1, 0.15) is 6.07 Å². The summed E-state index contributed by atoms with van der Waals surface area (Å²) < 4.78 is 1.53. The molecule has 0 aliphatic carbocycles. The molecule has 0 saturated carbocycles. The first kappa shape index (κ1) is 14.7. The van der Waals surface area contributed by atoms with Crippen LogP contribution in [0.2, 0.25) is 0 Å². The summed E-state index contributed by atoms with van der Waals surface area (Å²) in [5.74, 6) is 0.313. The number of non-ortho nitro benzene ring substituents is 1. The third-order valence-electron chi connectivity index (χ3n) is 3.10. The van der Waals surface area contributed by atoms with E-state index in [0.717, 1.165) is 5.56 Å². The Labute approximate surface area is 122 Å². The van der Waals surface area contributed by atoms with Crippen molar-refractivity contribution in [1.29, 1.82) is 5.26 Å². The van der Waals surface area contributed by atoms with Crippen LogP contribution in [0.5, 0.6) is 0 Å². The average Bonchev–Trinajstić information content (AvgIpc) is 2.81. The number of nitro groups is 1. The third kappa shape index (κ3) is 2.89. The minimum atomic E-state index is -0.451. The number of nitrogens with zero attached hydrogens (tertiary/aromatic N) is 5. The number of rotatable bonds is 4. The SMILES string of the molecule is Cc1ccc([N+](=O)[O-])cc1-n1nnc(C#N)c1CC(C)C. The van der Waals surface area contributed by atoms with E-state index in [4.69, 9.17) is 5.26 Å². The lowest BCUT2D eigenvalue weighted by Gasteiger charge is -2.10. The number of hydrogen-bond acceptors (Lipinski definition) is 5. The molecule has 0 spiro atoms. The van der Waals surface area contributed by atoms with Crippen molar-refractivity contribution < 1.29 is 4.92 Å². The second kappa shape index (κ2) is 5.71. The Hall–Kier alpha value is -2.75. The molecule has 0 atom stereocenters. The number of hydrogen-bond donors (Lipinski definition) is 0. The minimum absolute atomic E-state index is 0.0138. The Morgan fingerprint density at radius 1 is 1.48 bits per heavy atom. The lowest BCUT2D eigenvalue weighted by Crippen LogP contribution is -2.08. The number of nitro benzene ring substituents is 1. The molecule has 21 heavy (non-hydrogen) atoms. The molecule has 0 aliphatic rings. The van der Waals surface area contributed by atoms with Crippen LogP contribution in [-0.2, 0) is 6.42 Å². The van der Waals surface area contributed by atoms with Gasteiger partial charge in [0, 0.05) is 12.1 Å². The maximum atomic E-state index is 10.9. The zero-order valence-electron chi connectivity index (χ0n) is 12.1. The van der Waals surface area contributed by atoms with Gasteiger partial charge in [0.15, 0.2) is 5.69 Å². The van der Waals surface area contributed by atoms with Crippen molar-refractivity contribution in [2.75, 3.05) is 0 Å². The molecule has 0 fully saturated rings. The van der Waals surface area contributed by atoms with E-state index in [2.05, 4.69) is 10.3 Å². The second-order valence-electron chi connectivity index (χ2n) is 5.23. The van der Waals surface area contributed by atoms with Crippen LogP contribution >= 0.6 is 0 Å². The van der Waals surface area contributed by atoms with E-state index < -0.39 is 4.92 Å². The van der Waals surface area contributed by atoms with Crippen molar-refractivity contribution in [2.24, 2.45) is 5.92 Å². The van der Waals surface area contributed by atoms with E-state index in [0.29, 0.717) is 23.7 Å². The smallest absolute Gasteiger partial charge is 0.258 e. The van der Waals surface area contributed by atoms with Crippen molar-refractivity contribution in [3.05, 3.63) is 45.3 Å². The van der Waals surface area contributed by atoms with E-state index in [1.54, 1.807) is 6.07 Å². The predicted octanol–water partition coefficient (Wildman–Crippen LogP) is 2.55. The largest absolute Gasteiger partial charge is 0.271 e. The van der Waals surface area contributed by atoms with Crippen LogP contribution in [-0.4, -0.2) is 19.9 Å². The highest BCUT2D eigenvalue weighted by atomic mass is 16.6. The van der Waals surface area contributed by atoms with Crippen LogP contribution in [0.1, 0.15) is 30.8 Å². The Balaban J connectivity index is 2.62. The van der Waals surface area contributed by atoms with E-state index in [1.807, 2.05) is 26.8 Å². The maximum Gasteiger partial charge on any atom is 0.271 e. The third-order valence-corrected chi connectivity index (χ3v) is 3.10. The molecular weight excluding hydrogens is 270 g/mol. The van der Waals surface area contributed by atoms with Crippen LogP contribution in [0.4, 0.5) is 5.69 Å². The zero-order valence-corrected chi connectivity index (χ0v) is 12.1. The van der Waals surface area contributed by atoms with Gasteiger partial charge in [-0.3, -0.25) is 10.1 Å². The number of aromatic nitrogens is 3. The molecule has 2 rings (SSSR count). The summed E-state index contributed by atoms with van der Waals surface area (Å²) in [6.45, 7) is 5.89. The molecule has 0 bridgehead atoms. The Bertz CT molecular complexity index is 727. The van der Waals surface area contributed by atoms with Gasteiger partial charge in [-0.05, 0) is 24.8 Å². The van der Waals surface area contributed by atoms with Crippen molar-refractivity contribution >= 4 is 5.69 Å². The highest BCUT2D eigenvalue weighted by Gasteiger charge is 2.18. The van der Waals surface area contributed by atoms with Crippen molar-refractivity contribution in [2.45, 2.75) is 27.2 Å². The van der Waals surface area contributed by atoms with Gasteiger partial charge >= 0.3 is 0 Å². The fourth-order valence-corrected chi connectivity index (χ4v) is 2.09. The van der Waals surface area contributed by atoms with Crippen LogP contribution in [0.25, 0.3) is 5.69 Å². The van der Waals surface area contributed by atoms with E-state index >= 15 is 0 Å². The molecular formula is C14H15N5O2. The first-order chi connectivity index (χ1) is 9.93. The molecule has 0 aliphatic heterocycles. The van der Waals surface area contributed by atoms with Crippen LogP contribution < -0.4 is 0 Å². The summed E-state index contributed by atoms with van der Waals surface area (Å²) in [6.07, 6.45) is 0.623. The summed E-state index contributed by atoms with van der Waals surface area (Å²) >= 11 is 0. The van der Waals surface area contributed by atoms with Gasteiger partial charge < -0.3 is 0 Å². The molecule has 0 amide bonds. The van der Waals surface area contributed by atoms with Gasteiger partial charge in [0.25, 0.3) is 5.69 Å². The molecule has 1 aromatic carbocycles. The summed E-state index contributed by atoms with van der Waals surface area (Å²) in [5.41, 5.74) is 2.33. The summed E-state index contributed by atoms with van der Waals surface area (Å²) in [4.78, 5) is 10.5. The molecule has 2 aromatic rings. The Morgan fingerprint density at radius 3 is 2.76 bits per heavy atom. The van der Waals surface area contributed by atoms with Gasteiger partial charge in [0.2, 0.25) is 0 Å². The summed E-state index contributed by atoms with van der Waals surface area (Å²) in [7, 11) is 0. The first-order valence-electron chi connectivity index (χ1n) is 6.54. The van der Waals surface area contributed by atoms with E-state index in [1.165, 1.54) is 16.8 Å². The zero-order chi connectivity index (χ0) is 15.6. The molecule has 0 radical (unpaired) electrons. The fraction of sp³-hybridized carbons (Fsp3) is 0.357. The second-order valence-corrected chi connectivity index (χ2v) is 5.23. The molecule has 0 unspecified atom stereocenters. The average molecular weight is 285 g/mol. The molecule has 7 heteroatoms. The highest BCUT2D eigenvalue weighted by molar-refractivity contribution is 5.49. The first-order valence-corrected chi connectivity index (χ1v) is 6.54. The monoisotopic (exact) mass is 285 g/mol. The maximum absolute atomic E-state index is 10.9. The number of aryl methyl sites for hydroxylation is 1. The fourth-order valence-electron chi connectivity index (χ4n) is 2.09. The van der Waals surface area contributed by atoms with Gasteiger partial charge in [-0.2, -0.15) is 5.26 Å². The quantitative estimate of drug-likeness (QED) is 0.635. The number of nitriles is 1. The molecule has 0 N–H and O–H groups in total. The van der Waals surface area contributed by atoms with Gasteiger partial charge in [-0.1, -0.05) is 25.1 Å². The van der Waals surface area contributed by atoms with Crippen molar-refractivity contribution in [3.8, 4) is 11.8 Å². The van der Waals surface area contributed by atoms with Crippen LogP contribution in [0.3, 0.4) is 0 Å². The summed E-state index contributed by atoms with van der Waals surface area (Å²) in [6, 6.07) is 6.59. The minimum Gasteiger partial charge on any atom is -0.258 e. The molecule has 0 saturated heterocycles. The Morgan fingerprint density at radius 2 is 2.19 bits per heavy atom. The lowest BCUT2D eigenvalue weighted by atomic mass is 10.1. The van der Waals surface area contributed by atoms with Crippen LogP contribution in [0.15, 0.2) is 18.2 Å². The van der Waals surface area contributed by atoms with Gasteiger partial charge in [-0.25, -0.2) is 4.68 Å².